The predicted molar refractivity (Wildman–Crippen MR) is 84.8 cm³/mol. The molecule has 0 radical (unpaired) electrons. The molecule has 2 atom stereocenters. The fourth-order valence-electron chi connectivity index (χ4n) is 2.33. The van der Waals surface area contributed by atoms with Crippen LogP contribution in [0.1, 0.15) is 0 Å². The Balaban J connectivity index is 1.96. The van der Waals surface area contributed by atoms with Crippen LogP contribution in [-0.4, -0.2) is 24.5 Å². The van der Waals surface area contributed by atoms with Gasteiger partial charge in [0.2, 0.25) is 40.1 Å². The third kappa shape index (κ3) is 3.00. The van der Waals surface area contributed by atoms with Crippen LogP contribution in [-0.2, 0) is 14.1 Å². The number of para-hydroxylation sites is 2. The van der Waals surface area contributed by atoms with Crippen molar-refractivity contribution >= 4 is 13.3 Å². The molecule has 2 aromatic carbocycles. The average Bonchev–Trinajstić information content (AvgIpc) is 3.24. The van der Waals surface area contributed by atoms with Gasteiger partial charge in [0.05, 0.1) is 13.3 Å². The fraction of sp³-hybridized carbons (Fsp3) is 0.188. The summed E-state index contributed by atoms with van der Waals surface area (Å²) in [6.45, 7) is 0. The maximum Gasteiger partial charge on any atom is 0.337 e. The van der Waals surface area contributed by atoms with E-state index < -0.39 is 59.2 Å². The van der Waals surface area contributed by atoms with Gasteiger partial charge in [0.15, 0.2) is 11.5 Å². The SMILES string of the molecule is COC(=O)[C@@]1(N)CP1(=O)Oc1ccccc1Oc1c(F)c(F)c(F)c(F)c1F. The van der Waals surface area contributed by atoms with Crippen molar-refractivity contribution in [2.45, 2.75) is 5.28 Å². The summed E-state index contributed by atoms with van der Waals surface area (Å²) in [5.41, 5.74) is 5.67. The summed E-state index contributed by atoms with van der Waals surface area (Å²) in [5, 5.41) is -1.90. The van der Waals surface area contributed by atoms with E-state index in [-0.39, 0.29) is 11.9 Å². The van der Waals surface area contributed by atoms with Crippen LogP contribution in [0, 0.1) is 29.1 Å². The summed E-state index contributed by atoms with van der Waals surface area (Å²) in [6.07, 6.45) is -0.371. The lowest BCUT2D eigenvalue weighted by atomic mass is 10.2. The van der Waals surface area contributed by atoms with E-state index in [1.54, 1.807) is 0 Å². The monoisotopic (exact) mass is 423 g/mol. The molecule has 1 heterocycles. The number of hydrogen-bond donors (Lipinski definition) is 1. The molecule has 28 heavy (non-hydrogen) atoms. The lowest BCUT2D eigenvalue weighted by Crippen LogP contribution is -2.35. The van der Waals surface area contributed by atoms with Crippen molar-refractivity contribution in [1.29, 1.82) is 0 Å². The normalized spacial score (nSPS) is 23.2. The standard InChI is InChI=1S/C16H11F5NO5P/c1-25-15(23)16(22)6-28(16,24)27-8-5-3-2-4-7(8)26-14-12(20)10(18)9(17)11(19)13(14)21/h2-5H,6,22H2,1H3/t16-,28?/m1/s1. The third-order valence-corrected chi connectivity index (χ3v) is 6.55. The van der Waals surface area contributed by atoms with Crippen molar-refractivity contribution in [3.63, 3.8) is 0 Å². The van der Waals surface area contributed by atoms with E-state index in [1.165, 1.54) is 12.1 Å². The maximum atomic E-state index is 13.8. The Morgan fingerprint density at radius 3 is 2.04 bits per heavy atom. The Labute approximate surface area is 154 Å². The third-order valence-electron chi connectivity index (χ3n) is 3.97. The van der Waals surface area contributed by atoms with Crippen LogP contribution in [0.4, 0.5) is 22.0 Å². The molecule has 150 valence electrons. The molecule has 3 rings (SSSR count). The Bertz CT molecular complexity index is 1000. The first kappa shape index (κ1) is 20.1. The van der Waals surface area contributed by atoms with Gasteiger partial charge in [0, 0.05) is 0 Å². The minimum Gasteiger partial charge on any atom is -0.467 e. The zero-order valence-corrected chi connectivity index (χ0v) is 14.9. The Kier molecular flexibility index (Phi) is 4.84. The van der Waals surface area contributed by atoms with Crippen molar-refractivity contribution in [1.82, 2.24) is 0 Å². The summed E-state index contributed by atoms with van der Waals surface area (Å²) >= 11 is 0. The highest BCUT2D eigenvalue weighted by Gasteiger charge is 2.72. The molecule has 0 saturated carbocycles. The number of carbonyl (C=O) groups is 1. The highest BCUT2D eigenvalue weighted by Crippen LogP contribution is 2.73. The largest absolute Gasteiger partial charge is 0.467 e. The molecular formula is C16H11F5NO5P. The van der Waals surface area contributed by atoms with Crippen molar-refractivity contribution in [3.8, 4) is 17.2 Å². The number of hydrogen-bond acceptors (Lipinski definition) is 6. The van der Waals surface area contributed by atoms with Crippen LogP contribution in [0.2, 0.25) is 0 Å². The summed E-state index contributed by atoms with van der Waals surface area (Å²) in [4.78, 5) is 11.6. The van der Waals surface area contributed by atoms with Crippen LogP contribution in [0.25, 0.3) is 0 Å². The molecule has 6 nitrogen and oxygen atoms in total. The van der Waals surface area contributed by atoms with E-state index in [9.17, 15) is 31.3 Å². The molecule has 1 aliphatic rings. The molecular weight excluding hydrogens is 412 g/mol. The van der Waals surface area contributed by atoms with Gasteiger partial charge in [-0.2, -0.15) is 8.78 Å². The number of nitrogens with two attached hydrogens (primary N) is 1. The number of esters is 1. The molecule has 12 heteroatoms. The van der Waals surface area contributed by atoms with E-state index in [4.69, 9.17) is 15.0 Å². The van der Waals surface area contributed by atoms with Gasteiger partial charge in [-0.05, 0) is 12.1 Å². The van der Waals surface area contributed by atoms with E-state index in [2.05, 4.69) is 4.74 Å². The van der Waals surface area contributed by atoms with Crippen molar-refractivity contribution in [2.24, 2.45) is 5.73 Å². The fourth-order valence-corrected chi connectivity index (χ4v) is 4.43. The zero-order chi connectivity index (χ0) is 20.9. The first-order chi connectivity index (χ1) is 13.1. The number of ether oxygens (including phenoxy) is 2. The maximum absolute atomic E-state index is 13.8. The molecule has 0 amide bonds. The molecule has 2 aromatic rings. The molecule has 0 aromatic heterocycles. The van der Waals surface area contributed by atoms with Crippen molar-refractivity contribution in [2.75, 3.05) is 13.3 Å². The lowest BCUT2D eigenvalue weighted by Gasteiger charge is -2.15. The number of halogens is 5. The topological polar surface area (TPSA) is 87.9 Å². The molecule has 1 fully saturated rings. The summed E-state index contributed by atoms with van der Waals surface area (Å²) in [5.74, 6) is -14.6. The summed E-state index contributed by atoms with van der Waals surface area (Å²) < 4.78 is 94.5. The van der Waals surface area contributed by atoms with Crippen LogP contribution in [0.15, 0.2) is 24.3 Å². The molecule has 0 bridgehead atoms. The number of carbonyl (C=O) groups excluding carboxylic acids is 1. The molecule has 1 aliphatic heterocycles. The molecule has 1 unspecified atom stereocenters. The second kappa shape index (κ2) is 6.75. The number of benzene rings is 2. The van der Waals surface area contributed by atoms with Gasteiger partial charge in [-0.15, -0.1) is 0 Å². The minimum atomic E-state index is -3.79. The quantitative estimate of drug-likeness (QED) is 0.260. The van der Waals surface area contributed by atoms with Crippen LogP contribution >= 0.6 is 7.37 Å². The van der Waals surface area contributed by atoms with Crippen LogP contribution in [0.5, 0.6) is 17.2 Å². The predicted octanol–water partition coefficient (Wildman–Crippen LogP) is 3.67. The van der Waals surface area contributed by atoms with E-state index in [0.717, 1.165) is 19.2 Å². The Morgan fingerprint density at radius 1 is 1.00 bits per heavy atom. The van der Waals surface area contributed by atoms with Gasteiger partial charge in [-0.3, -0.25) is 4.57 Å². The van der Waals surface area contributed by atoms with Gasteiger partial charge < -0.3 is 19.7 Å². The van der Waals surface area contributed by atoms with Crippen molar-refractivity contribution < 1.29 is 45.3 Å². The highest BCUT2D eigenvalue weighted by molar-refractivity contribution is 7.70. The first-order valence-electron chi connectivity index (χ1n) is 7.50. The molecule has 0 spiro atoms. The number of methoxy groups -OCH3 is 1. The van der Waals surface area contributed by atoms with Gasteiger partial charge in [0.1, 0.15) is 0 Å². The van der Waals surface area contributed by atoms with E-state index in [1.807, 2.05) is 0 Å². The van der Waals surface area contributed by atoms with Gasteiger partial charge in [-0.25, -0.2) is 18.0 Å². The molecule has 0 aliphatic carbocycles. The highest BCUT2D eigenvalue weighted by atomic mass is 31.2. The molecule has 1 saturated heterocycles. The van der Waals surface area contributed by atoms with E-state index >= 15 is 0 Å². The second-order valence-corrected chi connectivity index (χ2v) is 8.43. The second-order valence-electron chi connectivity index (χ2n) is 5.79. The lowest BCUT2D eigenvalue weighted by molar-refractivity contribution is -0.142. The number of rotatable bonds is 5. The van der Waals surface area contributed by atoms with Gasteiger partial charge >= 0.3 is 5.97 Å². The van der Waals surface area contributed by atoms with Gasteiger partial charge in [-0.1, -0.05) is 12.1 Å². The Morgan fingerprint density at radius 2 is 1.50 bits per heavy atom. The average molecular weight is 423 g/mol. The van der Waals surface area contributed by atoms with Gasteiger partial charge in [0.25, 0.3) is 7.37 Å². The first-order valence-corrected chi connectivity index (χ1v) is 9.31. The van der Waals surface area contributed by atoms with Crippen molar-refractivity contribution in [3.05, 3.63) is 53.4 Å². The smallest absolute Gasteiger partial charge is 0.337 e. The van der Waals surface area contributed by atoms with E-state index in [0.29, 0.717) is 0 Å². The summed E-state index contributed by atoms with van der Waals surface area (Å²) in [7, 11) is -2.76. The zero-order valence-electron chi connectivity index (χ0n) is 14.0. The Hall–Kier alpha value is -2.65. The molecule has 2 N–H and O–H groups in total. The van der Waals surface area contributed by atoms with Crippen LogP contribution < -0.4 is 15.0 Å². The van der Waals surface area contributed by atoms with Crippen LogP contribution in [0.3, 0.4) is 0 Å². The minimum absolute atomic E-state index is 0.371. The summed E-state index contributed by atoms with van der Waals surface area (Å²) in [6, 6.07) is 4.87.